The number of rotatable bonds is 4. The number of aromatic nitrogens is 3. The minimum absolute atomic E-state index is 0.0414. The quantitative estimate of drug-likeness (QED) is 0.927. The molecule has 0 radical (unpaired) electrons. The zero-order valence-corrected chi connectivity index (χ0v) is 12.7. The average molecular weight is 272 g/mol. The smallest absolute Gasteiger partial charge is 0.160 e. The molecule has 0 aliphatic carbocycles. The topological polar surface area (TPSA) is 42.7 Å². The highest BCUT2D eigenvalue weighted by Crippen LogP contribution is 2.37. The van der Waals surface area contributed by atoms with E-state index < -0.39 is 0 Å². The van der Waals surface area contributed by atoms with E-state index >= 15 is 0 Å². The van der Waals surface area contributed by atoms with Crippen molar-refractivity contribution in [2.24, 2.45) is 0 Å². The summed E-state index contributed by atoms with van der Waals surface area (Å²) in [6, 6.07) is 4.42. The molecule has 1 saturated heterocycles. The maximum Gasteiger partial charge on any atom is 0.160 e. The van der Waals surface area contributed by atoms with Crippen LogP contribution in [-0.2, 0) is 5.54 Å². The van der Waals surface area contributed by atoms with E-state index in [9.17, 15) is 0 Å². The summed E-state index contributed by atoms with van der Waals surface area (Å²) in [5.41, 5.74) is 2.07. The summed E-state index contributed by atoms with van der Waals surface area (Å²) in [6.07, 6.45) is 6.58. The molecule has 1 unspecified atom stereocenters. The lowest BCUT2D eigenvalue weighted by molar-refractivity contribution is 0.316. The Morgan fingerprint density at radius 1 is 1.45 bits per heavy atom. The number of imidazole rings is 1. The molecule has 1 N–H and O–H groups in total. The van der Waals surface area contributed by atoms with E-state index in [2.05, 4.69) is 41.7 Å². The van der Waals surface area contributed by atoms with Crippen LogP contribution in [0.15, 0.2) is 18.3 Å². The van der Waals surface area contributed by atoms with Gasteiger partial charge in [0, 0.05) is 12.2 Å². The summed E-state index contributed by atoms with van der Waals surface area (Å²) >= 11 is 0. The van der Waals surface area contributed by atoms with E-state index in [1.807, 2.05) is 12.3 Å². The van der Waals surface area contributed by atoms with Gasteiger partial charge in [0.15, 0.2) is 5.65 Å². The van der Waals surface area contributed by atoms with Crippen molar-refractivity contribution >= 4 is 11.2 Å². The van der Waals surface area contributed by atoms with Gasteiger partial charge in [0.1, 0.15) is 11.3 Å². The summed E-state index contributed by atoms with van der Waals surface area (Å²) in [6.45, 7) is 7.78. The Kier molecular flexibility index (Phi) is 3.50. The summed E-state index contributed by atoms with van der Waals surface area (Å²) in [5, 5.41) is 3.73. The predicted molar refractivity (Wildman–Crippen MR) is 81.7 cm³/mol. The standard InChI is InChI=1S/C16H24N4/c1-4-8-16(9-6-11-18-16)15-19-13-7-5-10-17-14(13)20(15)12(2)3/h5,7,10,12,18H,4,6,8-9,11H2,1-3H3. The molecule has 3 heterocycles. The van der Waals surface area contributed by atoms with Crippen molar-refractivity contribution in [2.45, 2.75) is 58.0 Å². The summed E-state index contributed by atoms with van der Waals surface area (Å²) in [4.78, 5) is 9.50. The Hall–Kier alpha value is -1.42. The van der Waals surface area contributed by atoms with Gasteiger partial charge in [0.2, 0.25) is 0 Å². The summed E-state index contributed by atoms with van der Waals surface area (Å²) < 4.78 is 2.32. The molecule has 3 rings (SSSR count). The zero-order chi connectivity index (χ0) is 14.2. The predicted octanol–water partition coefficient (Wildman–Crippen LogP) is 3.39. The van der Waals surface area contributed by atoms with E-state index in [1.54, 1.807) is 0 Å². The first kappa shape index (κ1) is 13.6. The fraction of sp³-hybridized carbons (Fsp3) is 0.625. The van der Waals surface area contributed by atoms with Gasteiger partial charge in [-0.2, -0.15) is 0 Å². The van der Waals surface area contributed by atoms with Gasteiger partial charge in [-0.3, -0.25) is 0 Å². The number of hydrogen-bond acceptors (Lipinski definition) is 3. The molecular weight excluding hydrogens is 248 g/mol. The lowest BCUT2D eigenvalue weighted by Gasteiger charge is -2.30. The van der Waals surface area contributed by atoms with E-state index in [0.717, 1.165) is 24.1 Å². The number of nitrogens with zero attached hydrogens (tertiary/aromatic N) is 3. The van der Waals surface area contributed by atoms with Crippen molar-refractivity contribution in [3.63, 3.8) is 0 Å². The van der Waals surface area contributed by atoms with Crippen molar-refractivity contribution in [1.29, 1.82) is 0 Å². The molecule has 1 aliphatic heterocycles. The molecule has 0 aromatic carbocycles. The van der Waals surface area contributed by atoms with E-state index in [-0.39, 0.29) is 5.54 Å². The Bertz CT molecular complexity index is 594. The minimum atomic E-state index is 0.0414. The Morgan fingerprint density at radius 2 is 2.30 bits per heavy atom. The number of pyridine rings is 1. The molecular formula is C16H24N4. The minimum Gasteiger partial charge on any atom is -0.309 e. The zero-order valence-electron chi connectivity index (χ0n) is 12.7. The fourth-order valence-electron chi connectivity index (χ4n) is 3.51. The molecule has 1 atom stereocenters. The second-order valence-electron chi connectivity index (χ2n) is 6.11. The lowest BCUT2D eigenvalue weighted by atomic mass is 9.90. The molecule has 1 fully saturated rings. The van der Waals surface area contributed by atoms with Crippen LogP contribution in [0.4, 0.5) is 0 Å². The molecule has 4 heteroatoms. The SMILES string of the molecule is CCCC1(c2nc3cccnc3n2C(C)C)CCCN1. The van der Waals surface area contributed by atoms with Crippen LogP contribution in [0.5, 0.6) is 0 Å². The number of fused-ring (bicyclic) bond motifs is 1. The Morgan fingerprint density at radius 3 is 2.95 bits per heavy atom. The van der Waals surface area contributed by atoms with Gasteiger partial charge in [0.25, 0.3) is 0 Å². The molecule has 0 spiro atoms. The monoisotopic (exact) mass is 272 g/mol. The second-order valence-corrected chi connectivity index (χ2v) is 6.11. The van der Waals surface area contributed by atoms with Gasteiger partial charge in [-0.1, -0.05) is 13.3 Å². The molecule has 0 saturated carbocycles. The van der Waals surface area contributed by atoms with Crippen LogP contribution >= 0.6 is 0 Å². The van der Waals surface area contributed by atoms with Crippen molar-refractivity contribution < 1.29 is 0 Å². The Labute approximate surface area is 120 Å². The maximum atomic E-state index is 4.94. The van der Waals surface area contributed by atoms with Crippen molar-refractivity contribution in [2.75, 3.05) is 6.54 Å². The van der Waals surface area contributed by atoms with Crippen LogP contribution in [0.25, 0.3) is 11.2 Å². The highest BCUT2D eigenvalue weighted by atomic mass is 15.2. The highest BCUT2D eigenvalue weighted by molar-refractivity contribution is 5.71. The van der Waals surface area contributed by atoms with Gasteiger partial charge in [-0.05, 0) is 51.8 Å². The molecule has 0 bridgehead atoms. The van der Waals surface area contributed by atoms with E-state index in [4.69, 9.17) is 4.98 Å². The Balaban J connectivity index is 2.21. The first-order valence-electron chi connectivity index (χ1n) is 7.76. The number of nitrogens with one attached hydrogen (secondary N) is 1. The third-order valence-corrected chi connectivity index (χ3v) is 4.31. The van der Waals surface area contributed by atoms with E-state index in [1.165, 1.54) is 25.1 Å². The molecule has 0 amide bonds. The molecule has 1 aliphatic rings. The first-order chi connectivity index (χ1) is 9.68. The lowest BCUT2D eigenvalue weighted by Crippen LogP contribution is -2.39. The van der Waals surface area contributed by atoms with Crippen molar-refractivity contribution in [1.82, 2.24) is 19.9 Å². The maximum absolute atomic E-state index is 4.94. The van der Waals surface area contributed by atoms with Crippen LogP contribution in [0.1, 0.15) is 58.3 Å². The third kappa shape index (κ3) is 2.03. The fourth-order valence-corrected chi connectivity index (χ4v) is 3.51. The van der Waals surface area contributed by atoms with Crippen LogP contribution in [0.3, 0.4) is 0 Å². The van der Waals surface area contributed by atoms with Gasteiger partial charge in [-0.15, -0.1) is 0 Å². The summed E-state index contributed by atoms with van der Waals surface area (Å²) in [7, 11) is 0. The molecule has 2 aromatic heterocycles. The van der Waals surface area contributed by atoms with Crippen molar-refractivity contribution in [3.8, 4) is 0 Å². The number of hydrogen-bond donors (Lipinski definition) is 1. The molecule has 108 valence electrons. The van der Waals surface area contributed by atoms with Crippen LogP contribution in [0.2, 0.25) is 0 Å². The van der Waals surface area contributed by atoms with Crippen LogP contribution in [-0.4, -0.2) is 21.1 Å². The van der Waals surface area contributed by atoms with Gasteiger partial charge in [-0.25, -0.2) is 9.97 Å². The molecule has 20 heavy (non-hydrogen) atoms. The highest BCUT2D eigenvalue weighted by Gasteiger charge is 2.39. The van der Waals surface area contributed by atoms with Crippen LogP contribution < -0.4 is 5.32 Å². The van der Waals surface area contributed by atoms with Gasteiger partial charge >= 0.3 is 0 Å². The van der Waals surface area contributed by atoms with E-state index in [0.29, 0.717) is 6.04 Å². The first-order valence-corrected chi connectivity index (χ1v) is 7.76. The normalized spacial score (nSPS) is 23.0. The van der Waals surface area contributed by atoms with Crippen LogP contribution in [0, 0.1) is 0 Å². The largest absolute Gasteiger partial charge is 0.309 e. The molecule has 2 aromatic rings. The van der Waals surface area contributed by atoms with Gasteiger partial charge in [0.05, 0.1) is 5.54 Å². The third-order valence-electron chi connectivity index (χ3n) is 4.31. The van der Waals surface area contributed by atoms with Gasteiger partial charge < -0.3 is 9.88 Å². The molecule has 4 nitrogen and oxygen atoms in total. The second kappa shape index (κ2) is 5.17. The summed E-state index contributed by atoms with van der Waals surface area (Å²) in [5.74, 6) is 1.18. The van der Waals surface area contributed by atoms with Crippen molar-refractivity contribution in [3.05, 3.63) is 24.2 Å². The average Bonchev–Trinajstić information content (AvgIpc) is 3.03.